The molecule has 0 saturated heterocycles. The van der Waals surface area contributed by atoms with Gasteiger partial charge >= 0.3 is 0 Å². The smallest absolute Gasteiger partial charge is 0.139 e. The molecular formula is C12H17Cl2NO. The maximum atomic E-state index is 5.98. The number of nitrogens with one attached hydrogen (secondary N) is 1. The van der Waals surface area contributed by atoms with Crippen molar-refractivity contribution in [2.24, 2.45) is 0 Å². The largest absolute Gasteiger partial charge is 0.492 e. The highest BCUT2D eigenvalue weighted by atomic mass is 35.5. The first kappa shape index (κ1) is 13.6. The fourth-order valence-corrected chi connectivity index (χ4v) is 1.46. The van der Waals surface area contributed by atoms with Gasteiger partial charge in [0.2, 0.25) is 0 Å². The summed E-state index contributed by atoms with van der Waals surface area (Å²) in [5.41, 5.74) is 0.0606. The van der Waals surface area contributed by atoms with E-state index < -0.39 is 0 Å². The molecule has 0 bridgehead atoms. The maximum Gasteiger partial charge on any atom is 0.139 e. The van der Waals surface area contributed by atoms with Gasteiger partial charge in [-0.3, -0.25) is 0 Å². The Morgan fingerprint density at radius 3 is 2.62 bits per heavy atom. The molecule has 0 spiro atoms. The summed E-state index contributed by atoms with van der Waals surface area (Å²) in [6.45, 7) is 4.85. The zero-order valence-electron chi connectivity index (χ0n) is 9.81. The number of halogens is 2. The summed E-state index contributed by atoms with van der Waals surface area (Å²) in [4.78, 5) is 0. The van der Waals surface area contributed by atoms with Crippen molar-refractivity contribution in [3.8, 4) is 5.75 Å². The van der Waals surface area contributed by atoms with E-state index >= 15 is 0 Å². The van der Waals surface area contributed by atoms with Crippen LogP contribution in [0.25, 0.3) is 0 Å². The van der Waals surface area contributed by atoms with Crippen molar-refractivity contribution in [3.05, 3.63) is 28.2 Å². The van der Waals surface area contributed by atoms with Crippen LogP contribution in [0.5, 0.6) is 5.75 Å². The Kier molecular flexibility index (Phi) is 4.90. The zero-order valence-corrected chi connectivity index (χ0v) is 11.3. The summed E-state index contributed by atoms with van der Waals surface area (Å²) in [6, 6.07) is 5.22. The molecule has 0 saturated carbocycles. The van der Waals surface area contributed by atoms with Gasteiger partial charge in [-0.25, -0.2) is 0 Å². The summed E-state index contributed by atoms with van der Waals surface area (Å²) < 4.78 is 5.60. The lowest BCUT2D eigenvalue weighted by molar-refractivity contribution is 0.256. The van der Waals surface area contributed by atoms with Crippen LogP contribution in [0.15, 0.2) is 18.2 Å². The quantitative estimate of drug-likeness (QED) is 0.872. The highest BCUT2D eigenvalue weighted by Crippen LogP contribution is 2.28. The fraction of sp³-hybridized carbons (Fsp3) is 0.500. The first-order valence-electron chi connectivity index (χ1n) is 5.21. The lowest BCUT2D eigenvalue weighted by atomic mass is 10.0. The average molecular weight is 262 g/mol. The highest BCUT2D eigenvalue weighted by Gasteiger charge is 2.14. The van der Waals surface area contributed by atoms with E-state index in [1.807, 2.05) is 7.05 Å². The van der Waals surface area contributed by atoms with Gasteiger partial charge in [-0.15, -0.1) is 0 Å². The maximum absolute atomic E-state index is 5.98. The van der Waals surface area contributed by atoms with Gasteiger partial charge in [-0.05, 0) is 39.4 Å². The van der Waals surface area contributed by atoms with Crippen LogP contribution in [0, 0.1) is 0 Å². The van der Waals surface area contributed by atoms with Crippen LogP contribution < -0.4 is 10.1 Å². The van der Waals surface area contributed by atoms with Gasteiger partial charge in [0, 0.05) is 16.6 Å². The number of hydrogen-bond donors (Lipinski definition) is 1. The monoisotopic (exact) mass is 261 g/mol. The van der Waals surface area contributed by atoms with Gasteiger partial charge in [0.1, 0.15) is 5.75 Å². The molecule has 0 radical (unpaired) electrons. The molecular weight excluding hydrogens is 245 g/mol. The van der Waals surface area contributed by atoms with Crippen LogP contribution in [0.4, 0.5) is 0 Å². The van der Waals surface area contributed by atoms with E-state index in [0.717, 1.165) is 6.42 Å². The topological polar surface area (TPSA) is 21.3 Å². The van der Waals surface area contributed by atoms with Crippen LogP contribution >= 0.6 is 23.2 Å². The van der Waals surface area contributed by atoms with E-state index in [1.54, 1.807) is 18.2 Å². The molecule has 16 heavy (non-hydrogen) atoms. The molecule has 0 aromatic heterocycles. The van der Waals surface area contributed by atoms with Crippen molar-refractivity contribution < 1.29 is 4.74 Å². The van der Waals surface area contributed by atoms with Crippen molar-refractivity contribution >= 4 is 23.2 Å². The van der Waals surface area contributed by atoms with E-state index in [0.29, 0.717) is 22.4 Å². The third-order valence-electron chi connectivity index (χ3n) is 2.55. The predicted molar refractivity (Wildman–Crippen MR) is 69.7 cm³/mol. The Bertz CT molecular complexity index is 353. The molecule has 1 aromatic rings. The molecule has 0 aliphatic rings. The first-order valence-corrected chi connectivity index (χ1v) is 5.97. The SMILES string of the molecule is CNC(C)(C)CCOc1cc(Cl)ccc1Cl. The molecule has 1 rings (SSSR count). The van der Waals surface area contributed by atoms with Crippen LogP contribution in [-0.4, -0.2) is 19.2 Å². The van der Waals surface area contributed by atoms with Gasteiger partial charge in [0.05, 0.1) is 11.6 Å². The minimum atomic E-state index is 0.0606. The molecule has 0 atom stereocenters. The lowest BCUT2D eigenvalue weighted by Gasteiger charge is -2.23. The lowest BCUT2D eigenvalue weighted by Crippen LogP contribution is -2.37. The first-order chi connectivity index (χ1) is 7.44. The standard InChI is InChI=1S/C12H17Cl2NO/c1-12(2,15-3)6-7-16-11-8-9(13)4-5-10(11)14/h4-5,8,15H,6-7H2,1-3H3. The second-order valence-corrected chi connectivity index (χ2v) is 5.15. The molecule has 1 N–H and O–H groups in total. The molecule has 0 aliphatic carbocycles. The summed E-state index contributed by atoms with van der Waals surface area (Å²) in [5.74, 6) is 0.640. The second-order valence-electron chi connectivity index (χ2n) is 4.31. The summed E-state index contributed by atoms with van der Waals surface area (Å²) in [6.07, 6.45) is 0.895. The normalized spacial score (nSPS) is 11.6. The second kappa shape index (κ2) is 5.76. The van der Waals surface area contributed by atoms with Crippen LogP contribution in [0.2, 0.25) is 10.0 Å². The highest BCUT2D eigenvalue weighted by molar-refractivity contribution is 6.34. The van der Waals surface area contributed by atoms with E-state index in [9.17, 15) is 0 Å². The molecule has 90 valence electrons. The minimum absolute atomic E-state index is 0.0606. The van der Waals surface area contributed by atoms with E-state index in [2.05, 4.69) is 19.2 Å². The third-order valence-corrected chi connectivity index (χ3v) is 3.10. The van der Waals surface area contributed by atoms with E-state index in [1.165, 1.54) is 0 Å². The fourth-order valence-electron chi connectivity index (χ4n) is 1.13. The van der Waals surface area contributed by atoms with Crippen molar-refractivity contribution in [2.75, 3.05) is 13.7 Å². The molecule has 2 nitrogen and oxygen atoms in total. The molecule has 1 aromatic carbocycles. The molecule has 0 heterocycles. The molecule has 0 aliphatic heterocycles. The molecule has 4 heteroatoms. The third kappa shape index (κ3) is 4.20. The molecule has 0 unspecified atom stereocenters. The number of benzene rings is 1. The number of ether oxygens (including phenoxy) is 1. The van der Waals surface area contributed by atoms with E-state index in [-0.39, 0.29) is 5.54 Å². The molecule has 0 fully saturated rings. The van der Waals surface area contributed by atoms with Gasteiger partial charge in [-0.1, -0.05) is 23.2 Å². The Labute approximate surface area is 107 Å². The minimum Gasteiger partial charge on any atom is -0.492 e. The van der Waals surface area contributed by atoms with Crippen LogP contribution in [0.3, 0.4) is 0 Å². The van der Waals surface area contributed by atoms with Crippen molar-refractivity contribution in [1.29, 1.82) is 0 Å². The zero-order chi connectivity index (χ0) is 12.2. The van der Waals surface area contributed by atoms with Gasteiger partial charge in [-0.2, -0.15) is 0 Å². The molecule has 0 amide bonds. The van der Waals surface area contributed by atoms with Crippen LogP contribution in [0.1, 0.15) is 20.3 Å². The van der Waals surface area contributed by atoms with E-state index in [4.69, 9.17) is 27.9 Å². The summed E-state index contributed by atoms with van der Waals surface area (Å²) >= 11 is 11.8. The van der Waals surface area contributed by atoms with Gasteiger partial charge in [0.25, 0.3) is 0 Å². The van der Waals surface area contributed by atoms with Gasteiger partial charge < -0.3 is 10.1 Å². The van der Waals surface area contributed by atoms with Crippen molar-refractivity contribution in [1.82, 2.24) is 5.32 Å². The van der Waals surface area contributed by atoms with Crippen molar-refractivity contribution in [3.63, 3.8) is 0 Å². The van der Waals surface area contributed by atoms with Gasteiger partial charge in [0.15, 0.2) is 0 Å². The Morgan fingerprint density at radius 1 is 1.31 bits per heavy atom. The van der Waals surface area contributed by atoms with Crippen molar-refractivity contribution in [2.45, 2.75) is 25.8 Å². The Hall–Kier alpha value is -0.440. The average Bonchev–Trinajstić information content (AvgIpc) is 2.23. The number of rotatable bonds is 5. The predicted octanol–water partition coefficient (Wildman–Crippen LogP) is 3.76. The summed E-state index contributed by atoms with van der Waals surface area (Å²) in [7, 11) is 1.94. The number of hydrogen-bond acceptors (Lipinski definition) is 2. The Balaban J connectivity index is 2.52. The summed E-state index contributed by atoms with van der Waals surface area (Å²) in [5, 5.41) is 4.44. The Morgan fingerprint density at radius 2 is 2.00 bits per heavy atom. The van der Waals surface area contributed by atoms with Crippen LogP contribution in [-0.2, 0) is 0 Å².